The lowest BCUT2D eigenvalue weighted by Crippen LogP contribution is -2.37. The summed E-state index contributed by atoms with van der Waals surface area (Å²) < 4.78 is 5.33. The molecule has 1 unspecified atom stereocenters. The van der Waals surface area contributed by atoms with E-state index in [-0.39, 0.29) is 12.0 Å². The van der Waals surface area contributed by atoms with E-state index in [0.717, 1.165) is 38.0 Å². The molecule has 2 rings (SSSR count). The van der Waals surface area contributed by atoms with E-state index < -0.39 is 0 Å². The summed E-state index contributed by atoms with van der Waals surface area (Å²) in [5.41, 5.74) is 2.80. The van der Waals surface area contributed by atoms with Crippen LogP contribution in [0.2, 0.25) is 0 Å². The second kappa shape index (κ2) is 6.59. The lowest BCUT2D eigenvalue weighted by molar-refractivity contribution is 0.109. The number of aliphatic hydroxyl groups is 1. The van der Waals surface area contributed by atoms with E-state index in [0.29, 0.717) is 6.04 Å². The predicted molar refractivity (Wildman–Crippen MR) is 82.2 cm³/mol. The topological polar surface area (TPSA) is 41.5 Å². The van der Waals surface area contributed by atoms with Crippen LogP contribution in [0.25, 0.3) is 0 Å². The molecule has 2 N–H and O–H groups in total. The van der Waals surface area contributed by atoms with Gasteiger partial charge >= 0.3 is 0 Å². The van der Waals surface area contributed by atoms with Crippen LogP contribution in [0.3, 0.4) is 0 Å². The first-order chi connectivity index (χ1) is 9.68. The van der Waals surface area contributed by atoms with E-state index in [1.165, 1.54) is 11.1 Å². The Morgan fingerprint density at radius 1 is 1.35 bits per heavy atom. The number of methoxy groups -OCH3 is 1. The van der Waals surface area contributed by atoms with Gasteiger partial charge in [0.1, 0.15) is 5.75 Å². The molecular formula is C17H27NO2. The van der Waals surface area contributed by atoms with Gasteiger partial charge in [0, 0.05) is 24.6 Å². The third-order valence-corrected chi connectivity index (χ3v) is 4.99. The van der Waals surface area contributed by atoms with Crippen LogP contribution in [0, 0.1) is 5.41 Å². The Kier molecular flexibility index (Phi) is 5.06. The van der Waals surface area contributed by atoms with Crippen LogP contribution in [0.4, 0.5) is 0 Å². The molecule has 3 heteroatoms. The molecule has 20 heavy (non-hydrogen) atoms. The van der Waals surface area contributed by atoms with Crippen molar-refractivity contribution in [3.8, 4) is 5.75 Å². The number of rotatable bonds is 7. The number of hydrogen-bond acceptors (Lipinski definition) is 3. The second-order valence-corrected chi connectivity index (χ2v) is 5.90. The van der Waals surface area contributed by atoms with E-state index in [1.807, 2.05) is 6.07 Å². The van der Waals surface area contributed by atoms with Crippen LogP contribution in [0.5, 0.6) is 5.75 Å². The van der Waals surface area contributed by atoms with Crippen LogP contribution in [-0.2, 0) is 6.42 Å². The molecule has 0 heterocycles. The molecule has 0 bridgehead atoms. The van der Waals surface area contributed by atoms with Crippen molar-refractivity contribution in [2.24, 2.45) is 5.41 Å². The molecule has 0 saturated heterocycles. The highest BCUT2D eigenvalue weighted by atomic mass is 16.5. The third kappa shape index (κ3) is 2.99. The van der Waals surface area contributed by atoms with E-state index in [1.54, 1.807) is 7.11 Å². The molecule has 1 aliphatic carbocycles. The highest BCUT2D eigenvalue weighted by Gasteiger charge is 2.29. The van der Waals surface area contributed by atoms with Gasteiger partial charge in [-0.05, 0) is 48.9 Å². The molecule has 112 valence electrons. The van der Waals surface area contributed by atoms with Gasteiger partial charge < -0.3 is 15.2 Å². The van der Waals surface area contributed by atoms with E-state index in [4.69, 9.17) is 4.74 Å². The number of ether oxygens (including phenoxy) is 1. The van der Waals surface area contributed by atoms with Crippen molar-refractivity contribution in [2.45, 2.75) is 45.6 Å². The predicted octanol–water partition coefficient (Wildman–Crippen LogP) is 3.07. The highest BCUT2D eigenvalue weighted by Crippen LogP contribution is 2.35. The smallest absolute Gasteiger partial charge is 0.119 e. The molecule has 1 aromatic carbocycles. The van der Waals surface area contributed by atoms with E-state index in [2.05, 4.69) is 31.3 Å². The van der Waals surface area contributed by atoms with Crippen molar-refractivity contribution < 1.29 is 9.84 Å². The highest BCUT2D eigenvalue weighted by molar-refractivity contribution is 5.40. The number of nitrogens with one attached hydrogen (secondary N) is 1. The average Bonchev–Trinajstić information content (AvgIpc) is 2.91. The van der Waals surface area contributed by atoms with Crippen LogP contribution in [-0.4, -0.2) is 25.4 Å². The lowest BCUT2D eigenvalue weighted by atomic mass is 9.83. The van der Waals surface area contributed by atoms with Crippen LogP contribution >= 0.6 is 0 Å². The summed E-state index contributed by atoms with van der Waals surface area (Å²) in [4.78, 5) is 0. The van der Waals surface area contributed by atoms with E-state index >= 15 is 0 Å². The summed E-state index contributed by atoms with van der Waals surface area (Å²) in [6, 6.07) is 6.76. The monoisotopic (exact) mass is 277 g/mol. The quantitative estimate of drug-likeness (QED) is 0.805. The molecule has 1 aliphatic rings. The van der Waals surface area contributed by atoms with Crippen molar-refractivity contribution in [2.75, 3.05) is 20.3 Å². The first-order valence-electron chi connectivity index (χ1n) is 7.69. The summed E-state index contributed by atoms with van der Waals surface area (Å²) >= 11 is 0. The van der Waals surface area contributed by atoms with Crippen molar-refractivity contribution >= 4 is 0 Å². The van der Waals surface area contributed by atoms with Gasteiger partial charge in [0.05, 0.1) is 7.11 Å². The number of aryl methyl sites for hydroxylation is 1. The molecule has 1 atom stereocenters. The molecule has 0 saturated carbocycles. The fourth-order valence-corrected chi connectivity index (χ4v) is 3.04. The van der Waals surface area contributed by atoms with Gasteiger partial charge in [0.15, 0.2) is 0 Å². The first-order valence-corrected chi connectivity index (χ1v) is 7.69. The Morgan fingerprint density at radius 2 is 2.10 bits per heavy atom. The Morgan fingerprint density at radius 3 is 2.70 bits per heavy atom. The summed E-state index contributed by atoms with van der Waals surface area (Å²) in [7, 11) is 1.71. The Labute approximate surface area is 122 Å². The average molecular weight is 277 g/mol. The minimum atomic E-state index is 0.0155. The minimum absolute atomic E-state index is 0.0155. The summed E-state index contributed by atoms with van der Waals surface area (Å²) in [5.74, 6) is 0.928. The molecule has 0 spiro atoms. The van der Waals surface area contributed by atoms with Gasteiger partial charge in [0.2, 0.25) is 0 Å². The third-order valence-electron chi connectivity index (χ3n) is 4.99. The maximum absolute atomic E-state index is 9.67. The van der Waals surface area contributed by atoms with Gasteiger partial charge in [0.25, 0.3) is 0 Å². The van der Waals surface area contributed by atoms with Crippen molar-refractivity contribution in [1.82, 2.24) is 5.32 Å². The Hall–Kier alpha value is -1.06. The molecular weight excluding hydrogens is 250 g/mol. The number of hydrogen-bond donors (Lipinski definition) is 2. The summed E-state index contributed by atoms with van der Waals surface area (Å²) in [6.07, 6.45) is 4.27. The zero-order valence-corrected chi connectivity index (χ0v) is 12.9. The van der Waals surface area contributed by atoms with Gasteiger partial charge in [-0.2, -0.15) is 0 Å². The number of benzene rings is 1. The van der Waals surface area contributed by atoms with Gasteiger partial charge in [-0.1, -0.05) is 19.9 Å². The maximum Gasteiger partial charge on any atom is 0.119 e. The van der Waals surface area contributed by atoms with Gasteiger partial charge in [-0.3, -0.25) is 0 Å². The maximum atomic E-state index is 9.67. The summed E-state index contributed by atoms with van der Waals surface area (Å²) in [5, 5.41) is 13.3. The van der Waals surface area contributed by atoms with Crippen molar-refractivity contribution in [3.63, 3.8) is 0 Å². The van der Waals surface area contributed by atoms with Gasteiger partial charge in [-0.25, -0.2) is 0 Å². The lowest BCUT2D eigenvalue weighted by Gasteiger charge is -2.31. The molecule has 0 aromatic heterocycles. The second-order valence-electron chi connectivity index (χ2n) is 5.90. The summed E-state index contributed by atoms with van der Waals surface area (Å²) in [6.45, 7) is 5.45. The SMILES string of the molecule is CCC(CC)(CO)CNC1CCc2ccc(OC)cc21. The molecule has 0 amide bonds. The fraction of sp³-hybridized carbons (Fsp3) is 0.647. The number of aliphatic hydroxyl groups excluding tert-OH is 1. The Balaban J connectivity index is 2.07. The van der Waals surface area contributed by atoms with Crippen LogP contribution < -0.4 is 10.1 Å². The molecule has 0 radical (unpaired) electrons. The van der Waals surface area contributed by atoms with Crippen LogP contribution in [0.1, 0.15) is 50.3 Å². The molecule has 0 fully saturated rings. The number of fused-ring (bicyclic) bond motifs is 1. The van der Waals surface area contributed by atoms with Crippen molar-refractivity contribution in [1.29, 1.82) is 0 Å². The Bertz CT molecular complexity index is 432. The zero-order chi connectivity index (χ0) is 14.6. The standard InChI is InChI=1S/C17H27NO2/c1-4-17(5-2,12-19)11-18-16-9-7-13-6-8-14(20-3)10-15(13)16/h6,8,10,16,18-19H,4-5,7,9,11-12H2,1-3H3. The zero-order valence-electron chi connectivity index (χ0n) is 12.9. The van der Waals surface area contributed by atoms with Crippen molar-refractivity contribution in [3.05, 3.63) is 29.3 Å². The van der Waals surface area contributed by atoms with E-state index in [9.17, 15) is 5.11 Å². The molecule has 3 nitrogen and oxygen atoms in total. The normalized spacial score (nSPS) is 18.1. The first kappa shape index (κ1) is 15.3. The molecule has 0 aliphatic heterocycles. The molecule has 1 aromatic rings. The fourth-order valence-electron chi connectivity index (χ4n) is 3.04. The minimum Gasteiger partial charge on any atom is -0.497 e. The van der Waals surface area contributed by atoms with Crippen LogP contribution in [0.15, 0.2) is 18.2 Å². The van der Waals surface area contributed by atoms with Gasteiger partial charge in [-0.15, -0.1) is 0 Å². The largest absolute Gasteiger partial charge is 0.497 e.